The van der Waals surface area contributed by atoms with Crippen LogP contribution in [0.25, 0.3) is 0 Å². The fraction of sp³-hybridized carbons (Fsp3) is 0.217. The van der Waals surface area contributed by atoms with Crippen LogP contribution in [0.4, 0.5) is 8.78 Å². The quantitative estimate of drug-likeness (QED) is 0.471. The van der Waals surface area contributed by atoms with Gasteiger partial charge in [-0.05, 0) is 54.4 Å². The van der Waals surface area contributed by atoms with E-state index in [0.29, 0.717) is 41.8 Å². The average molecular weight is 418 g/mol. The lowest BCUT2D eigenvalue weighted by Crippen LogP contribution is -2.13. The molecule has 0 saturated carbocycles. The summed E-state index contributed by atoms with van der Waals surface area (Å²) in [5.41, 5.74) is 2.31. The van der Waals surface area contributed by atoms with E-state index in [1.54, 1.807) is 30.3 Å². The molecule has 0 aliphatic heterocycles. The van der Waals surface area contributed by atoms with Crippen molar-refractivity contribution in [2.75, 3.05) is 6.61 Å². The second-order valence-corrected chi connectivity index (χ2v) is 6.84. The Morgan fingerprint density at radius 2 is 1.59 bits per heavy atom. The van der Waals surface area contributed by atoms with Gasteiger partial charge in [0.2, 0.25) is 0 Å². The molecule has 152 valence electrons. The van der Waals surface area contributed by atoms with E-state index in [1.807, 2.05) is 19.1 Å². The smallest absolute Gasteiger partial charge is 0.161 e. The Labute approximate surface area is 174 Å². The molecule has 0 fully saturated rings. The van der Waals surface area contributed by atoms with Gasteiger partial charge < -0.3 is 14.8 Å². The predicted octanol–water partition coefficient (Wildman–Crippen LogP) is 5.89. The Balaban J connectivity index is 1.64. The van der Waals surface area contributed by atoms with Crippen molar-refractivity contribution >= 4 is 11.6 Å². The van der Waals surface area contributed by atoms with Crippen molar-refractivity contribution < 1.29 is 18.3 Å². The van der Waals surface area contributed by atoms with E-state index in [-0.39, 0.29) is 12.4 Å². The van der Waals surface area contributed by atoms with E-state index in [2.05, 4.69) is 5.32 Å². The first kappa shape index (κ1) is 21.1. The molecule has 0 spiro atoms. The van der Waals surface area contributed by atoms with Gasteiger partial charge in [-0.15, -0.1) is 0 Å². The van der Waals surface area contributed by atoms with Gasteiger partial charge in [0.05, 0.1) is 11.6 Å². The Morgan fingerprint density at radius 3 is 2.31 bits per heavy atom. The molecule has 3 aromatic carbocycles. The Kier molecular flexibility index (Phi) is 7.44. The van der Waals surface area contributed by atoms with E-state index in [1.165, 1.54) is 18.2 Å². The summed E-state index contributed by atoms with van der Waals surface area (Å²) in [5, 5.41) is 3.64. The van der Waals surface area contributed by atoms with Crippen molar-refractivity contribution in [3.63, 3.8) is 0 Å². The average Bonchev–Trinajstić information content (AvgIpc) is 2.71. The molecule has 0 radical (unpaired) electrons. The molecule has 0 heterocycles. The number of hydrogen-bond donors (Lipinski definition) is 1. The minimum absolute atomic E-state index is 0.00768. The second-order valence-electron chi connectivity index (χ2n) is 6.43. The van der Waals surface area contributed by atoms with Crippen molar-refractivity contribution in [1.82, 2.24) is 5.32 Å². The Hall–Kier alpha value is -2.63. The number of ether oxygens (including phenoxy) is 2. The van der Waals surface area contributed by atoms with Gasteiger partial charge in [-0.3, -0.25) is 0 Å². The molecular weight excluding hydrogens is 396 g/mol. The summed E-state index contributed by atoms with van der Waals surface area (Å²) in [6, 6.07) is 16.5. The minimum atomic E-state index is -0.405. The standard InChI is InChI=1S/C23H22ClF2NO2/c1-2-28-23-12-17(14-27-13-16-6-9-18(25)10-7-16)8-11-22(23)29-15-19-20(24)4-3-5-21(19)26/h3-12,27H,2,13-15H2,1H3. The molecule has 3 rings (SSSR count). The van der Waals surface area contributed by atoms with Crippen LogP contribution in [0.15, 0.2) is 60.7 Å². The monoisotopic (exact) mass is 417 g/mol. The second kappa shape index (κ2) is 10.2. The number of rotatable bonds is 9. The lowest BCUT2D eigenvalue weighted by atomic mass is 10.1. The largest absolute Gasteiger partial charge is 0.490 e. The van der Waals surface area contributed by atoms with Gasteiger partial charge in [-0.2, -0.15) is 0 Å². The summed E-state index contributed by atoms with van der Waals surface area (Å²) in [4.78, 5) is 0. The van der Waals surface area contributed by atoms with E-state index in [9.17, 15) is 8.78 Å². The fourth-order valence-corrected chi connectivity index (χ4v) is 3.04. The molecule has 0 aliphatic carbocycles. The summed E-state index contributed by atoms with van der Waals surface area (Å²) in [6.07, 6.45) is 0. The van der Waals surface area contributed by atoms with E-state index in [4.69, 9.17) is 21.1 Å². The number of hydrogen-bond acceptors (Lipinski definition) is 3. The first-order valence-corrected chi connectivity index (χ1v) is 9.71. The molecule has 0 saturated heterocycles. The third-order valence-electron chi connectivity index (χ3n) is 4.31. The summed E-state index contributed by atoms with van der Waals surface area (Å²) in [7, 11) is 0. The molecule has 0 unspecified atom stereocenters. The van der Waals surface area contributed by atoms with Gasteiger partial charge in [-0.25, -0.2) is 8.78 Å². The normalized spacial score (nSPS) is 10.8. The van der Waals surface area contributed by atoms with Crippen LogP contribution in [0.3, 0.4) is 0 Å². The van der Waals surface area contributed by atoms with Crippen molar-refractivity contribution in [2.45, 2.75) is 26.6 Å². The molecule has 0 aliphatic rings. The summed E-state index contributed by atoms with van der Waals surface area (Å²) >= 11 is 6.06. The highest BCUT2D eigenvalue weighted by atomic mass is 35.5. The van der Waals surface area contributed by atoms with Crippen LogP contribution in [0, 0.1) is 11.6 Å². The van der Waals surface area contributed by atoms with Crippen LogP contribution in [-0.2, 0) is 19.7 Å². The molecule has 0 bridgehead atoms. The maximum Gasteiger partial charge on any atom is 0.161 e. The van der Waals surface area contributed by atoms with Crippen molar-refractivity contribution in [3.05, 3.63) is 94.0 Å². The topological polar surface area (TPSA) is 30.5 Å². The van der Waals surface area contributed by atoms with Crippen LogP contribution >= 0.6 is 11.6 Å². The Bertz CT molecular complexity index is 928. The maximum atomic E-state index is 13.9. The van der Waals surface area contributed by atoms with E-state index >= 15 is 0 Å². The molecule has 3 nitrogen and oxygen atoms in total. The van der Waals surface area contributed by atoms with Gasteiger partial charge >= 0.3 is 0 Å². The third kappa shape index (κ3) is 5.92. The number of benzene rings is 3. The zero-order valence-electron chi connectivity index (χ0n) is 16.1. The van der Waals surface area contributed by atoms with Crippen molar-refractivity contribution in [1.29, 1.82) is 0 Å². The van der Waals surface area contributed by atoms with Gasteiger partial charge in [0, 0.05) is 18.7 Å². The lowest BCUT2D eigenvalue weighted by molar-refractivity contribution is 0.265. The molecule has 0 atom stereocenters. The predicted molar refractivity (Wildman–Crippen MR) is 110 cm³/mol. The first-order chi connectivity index (χ1) is 14.1. The van der Waals surface area contributed by atoms with Gasteiger partial charge in [0.1, 0.15) is 18.2 Å². The molecule has 0 aromatic heterocycles. The van der Waals surface area contributed by atoms with Crippen LogP contribution in [0.1, 0.15) is 23.6 Å². The number of nitrogens with one attached hydrogen (secondary N) is 1. The minimum Gasteiger partial charge on any atom is -0.490 e. The molecule has 29 heavy (non-hydrogen) atoms. The summed E-state index contributed by atoms with van der Waals surface area (Å²) < 4.78 is 38.4. The summed E-state index contributed by atoms with van der Waals surface area (Å²) in [6.45, 7) is 3.60. The summed E-state index contributed by atoms with van der Waals surface area (Å²) in [5.74, 6) is 0.453. The third-order valence-corrected chi connectivity index (χ3v) is 4.67. The highest BCUT2D eigenvalue weighted by molar-refractivity contribution is 6.31. The molecule has 3 aromatic rings. The van der Waals surface area contributed by atoms with Gasteiger partial charge in [0.15, 0.2) is 11.5 Å². The van der Waals surface area contributed by atoms with Crippen LogP contribution < -0.4 is 14.8 Å². The highest BCUT2D eigenvalue weighted by Crippen LogP contribution is 2.30. The Morgan fingerprint density at radius 1 is 0.862 bits per heavy atom. The lowest BCUT2D eigenvalue weighted by Gasteiger charge is -2.15. The molecule has 1 N–H and O–H groups in total. The zero-order valence-corrected chi connectivity index (χ0v) is 16.8. The zero-order chi connectivity index (χ0) is 20.6. The molecule has 6 heteroatoms. The molecule has 0 amide bonds. The fourth-order valence-electron chi connectivity index (χ4n) is 2.82. The number of halogens is 3. The van der Waals surface area contributed by atoms with E-state index in [0.717, 1.165) is 11.1 Å². The van der Waals surface area contributed by atoms with Gasteiger partial charge in [-0.1, -0.05) is 35.9 Å². The SMILES string of the molecule is CCOc1cc(CNCc2ccc(F)cc2)ccc1OCc1c(F)cccc1Cl. The first-order valence-electron chi connectivity index (χ1n) is 9.33. The van der Waals surface area contributed by atoms with Crippen LogP contribution in [0.2, 0.25) is 5.02 Å². The van der Waals surface area contributed by atoms with Gasteiger partial charge in [0.25, 0.3) is 0 Å². The molecular formula is C23H22ClF2NO2. The van der Waals surface area contributed by atoms with Crippen LogP contribution in [0.5, 0.6) is 11.5 Å². The highest BCUT2D eigenvalue weighted by Gasteiger charge is 2.11. The van der Waals surface area contributed by atoms with E-state index < -0.39 is 5.82 Å². The maximum absolute atomic E-state index is 13.9. The van der Waals surface area contributed by atoms with Crippen LogP contribution in [-0.4, -0.2) is 6.61 Å². The van der Waals surface area contributed by atoms with Crippen molar-refractivity contribution in [3.8, 4) is 11.5 Å². The van der Waals surface area contributed by atoms with Crippen molar-refractivity contribution in [2.24, 2.45) is 0 Å².